The molecule has 0 amide bonds. The molecule has 4 heterocycles. The summed E-state index contributed by atoms with van der Waals surface area (Å²) in [6.07, 6.45) is 0. The molecule has 0 atom stereocenters. The van der Waals surface area contributed by atoms with Gasteiger partial charge in [-0.2, -0.15) is 0 Å². The summed E-state index contributed by atoms with van der Waals surface area (Å²) in [4.78, 5) is 4.05. The van der Waals surface area contributed by atoms with Crippen LogP contribution in [0.25, 0.3) is 66.8 Å². The topological polar surface area (TPSA) is 24.9 Å². The van der Waals surface area contributed by atoms with Crippen LogP contribution in [0.5, 0.6) is 23.0 Å². The molecule has 0 N–H and O–H groups in total. The number of fused-ring (bicyclic) bond motifs is 9. The van der Waals surface area contributed by atoms with Gasteiger partial charge >= 0.3 is 0 Å². The quantitative estimate of drug-likeness (QED) is 0.142. The molecule has 0 bridgehead atoms. The Morgan fingerprint density at radius 2 is 0.677 bits per heavy atom. The van der Waals surface area contributed by atoms with E-state index in [-0.39, 0.29) is 78.7 Å². The van der Waals surface area contributed by atoms with Gasteiger partial charge in [0, 0.05) is 56.5 Å². The molecule has 0 saturated carbocycles. The van der Waals surface area contributed by atoms with Crippen molar-refractivity contribution in [2.45, 2.75) is 78.6 Å². The van der Waals surface area contributed by atoms with E-state index in [0.29, 0.717) is 56.0 Å². The van der Waals surface area contributed by atoms with Crippen molar-refractivity contribution in [2.24, 2.45) is 0 Å². The zero-order valence-corrected chi connectivity index (χ0v) is 54.8. The Kier molecular flexibility index (Phi) is 10.3. The molecule has 17 rings (SSSR count). The third kappa shape index (κ3) is 9.66. The van der Waals surface area contributed by atoms with E-state index in [1.54, 1.807) is 30.3 Å². The third-order valence-corrected chi connectivity index (χ3v) is 19.2. The van der Waals surface area contributed by atoms with Gasteiger partial charge in [0.05, 0.1) is 33.3 Å². The second-order valence-electron chi connectivity index (χ2n) is 28.3. The fraction of sp³-hybridized carbons (Fsp3) is 0.133. The summed E-state index contributed by atoms with van der Waals surface area (Å²) in [5.41, 5.74) is 8.78. The molecule has 0 radical (unpaired) electrons. The number of ether oxygens (including phenoxy) is 2. The summed E-state index contributed by atoms with van der Waals surface area (Å²) in [6.45, 7) is 16.1. The SMILES string of the molecule is [2H]c1c([2H])c([2H])c2c(c1[2H])Oc1c([2H])c3c(c4c1B2c1c([2H])c([2H])c([2H])c([2H])c1O4)B1c2c(cc(C(C)(C)C)cc2N3c2c(-c3ccccc3)cc(C(C)(C)C)cc2-c2ccccc2)N(c2c(-c3ccccc3)cc(C(C)(C)C)cc2-c2ccccc2)c2c([2H])c([2H])c(-c3c([2H])c([2H])c([2H])c([2H])c3-c3ccccc3)c([2H])c21. The second-order valence-corrected chi connectivity index (χ2v) is 28.3. The number of para-hydroxylation sites is 2. The summed E-state index contributed by atoms with van der Waals surface area (Å²) >= 11 is 0. The van der Waals surface area contributed by atoms with Crippen LogP contribution in [0.15, 0.2) is 285 Å². The highest BCUT2D eigenvalue weighted by atomic mass is 16.5. The lowest BCUT2D eigenvalue weighted by Gasteiger charge is -2.48. The normalized spacial score (nSPS) is 15.7. The summed E-state index contributed by atoms with van der Waals surface area (Å²) in [7, 11) is 0. The number of hydrogen-bond donors (Lipinski definition) is 0. The summed E-state index contributed by atoms with van der Waals surface area (Å²) in [5, 5.41) is 0. The fourth-order valence-corrected chi connectivity index (χ4v) is 14.4. The maximum absolute atomic E-state index is 11.7. The minimum absolute atomic E-state index is 0.0129. The summed E-state index contributed by atoms with van der Waals surface area (Å²) < 4.78 is 176. The second kappa shape index (κ2) is 22.4. The van der Waals surface area contributed by atoms with Crippen molar-refractivity contribution in [1.82, 2.24) is 0 Å². The smallest absolute Gasteiger partial charge is 0.260 e. The molecular formula is C90H74B2N2O2. The summed E-state index contributed by atoms with van der Waals surface area (Å²) in [6, 6.07) is 52.0. The van der Waals surface area contributed by atoms with Crippen LogP contribution in [0.1, 0.15) is 101 Å². The zero-order valence-electron chi connectivity index (χ0n) is 70.8. The van der Waals surface area contributed by atoms with E-state index >= 15 is 0 Å². The predicted molar refractivity (Wildman–Crippen MR) is 407 cm³/mol. The average molecular weight is 1250 g/mol. The molecule has 6 heteroatoms. The van der Waals surface area contributed by atoms with E-state index in [2.05, 4.69) is 98.7 Å². The number of benzene rings is 13. The van der Waals surface area contributed by atoms with Gasteiger partial charge in [-0.3, -0.25) is 0 Å². The van der Waals surface area contributed by atoms with Gasteiger partial charge in [0.2, 0.25) is 0 Å². The Hall–Kier alpha value is -10.8. The molecule has 13 aromatic carbocycles. The molecule has 0 aromatic heterocycles. The van der Waals surface area contributed by atoms with E-state index in [1.165, 1.54) is 0 Å². The molecule has 0 saturated heterocycles. The van der Waals surface area contributed by atoms with Gasteiger partial charge in [-0.05, 0) is 159 Å². The van der Waals surface area contributed by atoms with Gasteiger partial charge in [-0.1, -0.05) is 286 Å². The predicted octanol–water partition coefficient (Wildman–Crippen LogP) is 20.4. The van der Waals surface area contributed by atoms with Crippen LogP contribution >= 0.6 is 0 Å². The van der Waals surface area contributed by atoms with Crippen LogP contribution in [0.3, 0.4) is 0 Å². The van der Waals surface area contributed by atoms with Crippen LogP contribution in [0, 0.1) is 0 Å². The molecule has 0 fully saturated rings. The molecule has 4 nitrogen and oxygen atoms in total. The number of nitrogens with zero attached hydrogens (tertiary/aromatic N) is 2. The lowest BCUT2D eigenvalue weighted by molar-refractivity contribution is 0.467. The highest BCUT2D eigenvalue weighted by Crippen LogP contribution is 2.56. The van der Waals surface area contributed by atoms with Crippen molar-refractivity contribution in [3.8, 4) is 89.8 Å². The van der Waals surface area contributed by atoms with E-state index in [1.807, 2.05) is 131 Å². The van der Waals surface area contributed by atoms with Gasteiger partial charge in [0.1, 0.15) is 23.0 Å². The molecular weight excluding hydrogens is 1160 g/mol. The number of hydrogen-bond acceptors (Lipinski definition) is 4. The highest BCUT2D eigenvalue weighted by Gasteiger charge is 2.51. The standard InChI is InChI=1S/C90H74B2N2O2/c1-88(2,3)63-50-68(58-33-17-11-18-34-58)85(69(51-63)59-35-19-12-20-36-59)93-75-48-47-62(67-42-26-25-41-66(67)57-31-15-10-16-32-57)49-74(75)92-82-76(93)54-65(90(7,8)9)55-77(82)94(86-70(60-37-21-13-22-38-60)52-64(89(4,5)6)53-71(86)61-39-23-14-24-40-61)78-56-81-84-87(83(78)92)96-80-46-30-28-44-73(80)91(84)72-43-27-29-45-79(72)95-81/h10-56H,1-9H3/i25D,26D,27D,28D,29D,30D,41D,42D,43D,44D,45D,46D,47D,48D,49D,56D. The Balaban J connectivity index is 1.17. The first-order chi connectivity index (χ1) is 53.2. The lowest BCUT2D eigenvalue weighted by Crippen LogP contribution is -2.65. The van der Waals surface area contributed by atoms with Crippen molar-refractivity contribution >= 4 is 80.3 Å². The number of anilines is 6. The molecule has 4 aliphatic rings. The Morgan fingerprint density at radius 3 is 1.11 bits per heavy atom. The van der Waals surface area contributed by atoms with Crippen molar-refractivity contribution in [3.05, 3.63) is 301 Å². The zero-order chi connectivity index (χ0) is 79.3. The first-order valence-corrected chi connectivity index (χ1v) is 32.7. The van der Waals surface area contributed by atoms with Gasteiger partial charge in [-0.15, -0.1) is 0 Å². The number of rotatable bonds is 8. The lowest BCUT2D eigenvalue weighted by atomic mass is 9.30. The average Bonchev–Trinajstić information content (AvgIpc) is 0.662. The van der Waals surface area contributed by atoms with E-state index in [9.17, 15) is 21.9 Å². The maximum atomic E-state index is 11.7. The Labute approximate surface area is 588 Å². The summed E-state index contributed by atoms with van der Waals surface area (Å²) in [5.74, 6) is -1.19. The van der Waals surface area contributed by atoms with Gasteiger partial charge in [-0.25, -0.2) is 0 Å². The molecule has 0 aliphatic carbocycles. The third-order valence-electron chi connectivity index (χ3n) is 19.2. The van der Waals surface area contributed by atoms with Crippen LogP contribution < -0.4 is 52.1 Å². The molecule has 0 spiro atoms. The molecule has 13 aromatic rings. The largest absolute Gasteiger partial charge is 0.459 e. The van der Waals surface area contributed by atoms with Crippen LogP contribution in [0.4, 0.5) is 34.1 Å². The first kappa shape index (κ1) is 44.0. The monoisotopic (exact) mass is 1250 g/mol. The van der Waals surface area contributed by atoms with E-state index in [4.69, 9.17) is 9.47 Å². The van der Waals surface area contributed by atoms with Gasteiger partial charge < -0.3 is 19.3 Å². The van der Waals surface area contributed by atoms with Gasteiger partial charge in [0.25, 0.3) is 13.4 Å². The van der Waals surface area contributed by atoms with Crippen molar-refractivity contribution in [3.63, 3.8) is 0 Å². The van der Waals surface area contributed by atoms with Crippen LogP contribution in [-0.2, 0) is 16.2 Å². The molecule has 462 valence electrons. The van der Waals surface area contributed by atoms with Crippen molar-refractivity contribution < 1.29 is 31.4 Å². The Morgan fingerprint density at radius 1 is 0.302 bits per heavy atom. The fourth-order valence-electron chi connectivity index (χ4n) is 14.4. The van der Waals surface area contributed by atoms with Crippen LogP contribution in [0.2, 0.25) is 0 Å². The van der Waals surface area contributed by atoms with Crippen LogP contribution in [-0.4, -0.2) is 13.4 Å². The Bertz CT molecular complexity index is 6090. The highest BCUT2D eigenvalue weighted by molar-refractivity contribution is 7.03. The molecule has 4 aliphatic heterocycles. The van der Waals surface area contributed by atoms with Crippen molar-refractivity contribution in [2.75, 3.05) is 9.80 Å². The van der Waals surface area contributed by atoms with Crippen molar-refractivity contribution in [1.29, 1.82) is 0 Å². The molecule has 0 unspecified atom stereocenters. The minimum atomic E-state index is -1.58. The molecule has 96 heavy (non-hydrogen) atoms. The minimum Gasteiger partial charge on any atom is -0.459 e. The van der Waals surface area contributed by atoms with E-state index in [0.717, 1.165) is 38.9 Å². The van der Waals surface area contributed by atoms with E-state index < -0.39 is 126 Å². The van der Waals surface area contributed by atoms with Gasteiger partial charge in [0.15, 0.2) is 0 Å². The maximum Gasteiger partial charge on any atom is 0.260 e. The first-order valence-electron chi connectivity index (χ1n) is 40.7.